The molecule has 0 aliphatic carbocycles. The summed E-state index contributed by atoms with van der Waals surface area (Å²) >= 11 is 0. The van der Waals surface area contributed by atoms with Crippen molar-refractivity contribution in [2.45, 2.75) is 51.6 Å². The second kappa shape index (κ2) is 8.56. The van der Waals surface area contributed by atoms with E-state index in [0.717, 1.165) is 45.2 Å². The molecule has 0 aromatic heterocycles. The van der Waals surface area contributed by atoms with Gasteiger partial charge in [0.25, 0.3) is 0 Å². The van der Waals surface area contributed by atoms with Gasteiger partial charge in [-0.05, 0) is 39.7 Å². The van der Waals surface area contributed by atoms with Crippen molar-refractivity contribution < 1.29 is 4.74 Å². The zero-order chi connectivity index (χ0) is 15.1. The van der Waals surface area contributed by atoms with Gasteiger partial charge >= 0.3 is 0 Å². The number of nitrogens with one attached hydrogen (secondary N) is 1. The monoisotopic (exact) mass is 297 g/mol. The fraction of sp³-hybridized carbons (Fsp3) is 0.933. The summed E-state index contributed by atoms with van der Waals surface area (Å²) in [7, 11) is 0. The molecular weight excluding hydrogens is 266 g/mol. The van der Waals surface area contributed by atoms with E-state index < -0.39 is 0 Å². The zero-order valence-corrected chi connectivity index (χ0v) is 13.6. The van der Waals surface area contributed by atoms with Crippen molar-refractivity contribution in [3.8, 4) is 0 Å². The number of hydrogen-bond acceptors (Lipinski definition) is 4. The molecule has 2 rings (SSSR count). The van der Waals surface area contributed by atoms with E-state index in [4.69, 9.17) is 10.6 Å². The van der Waals surface area contributed by atoms with Crippen molar-refractivity contribution in [2.24, 2.45) is 10.8 Å². The number of rotatable bonds is 5. The van der Waals surface area contributed by atoms with Crippen LogP contribution in [0.2, 0.25) is 0 Å². The highest BCUT2D eigenvalue weighted by atomic mass is 16.5. The smallest absolute Gasteiger partial charge is 0.208 e. The number of fused-ring (bicyclic) bond motifs is 1. The van der Waals surface area contributed by atoms with Crippen molar-refractivity contribution in [1.82, 2.24) is 15.2 Å². The van der Waals surface area contributed by atoms with Crippen LogP contribution in [0.4, 0.5) is 0 Å². The van der Waals surface area contributed by atoms with Gasteiger partial charge in [0.1, 0.15) is 0 Å². The summed E-state index contributed by atoms with van der Waals surface area (Å²) < 4.78 is 5.35. The Kier molecular flexibility index (Phi) is 6.73. The number of hydrazine groups is 1. The first kappa shape index (κ1) is 16.5. The van der Waals surface area contributed by atoms with Gasteiger partial charge in [0.15, 0.2) is 0 Å². The molecule has 0 saturated carbocycles. The molecule has 2 heterocycles. The largest absolute Gasteiger partial charge is 0.382 e. The van der Waals surface area contributed by atoms with E-state index in [1.165, 1.54) is 25.8 Å². The molecule has 2 aliphatic rings. The Morgan fingerprint density at radius 1 is 1.38 bits per heavy atom. The third-order valence-corrected chi connectivity index (χ3v) is 4.50. The van der Waals surface area contributed by atoms with Gasteiger partial charge in [-0.2, -0.15) is 0 Å². The molecule has 122 valence electrons. The van der Waals surface area contributed by atoms with Crippen molar-refractivity contribution in [1.29, 1.82) is 0 Å². The molecule has 0 aromatic carbocycles. The maximum absolute atomic E-state index is 5.71. The van der Waals surface area contributed by atoms with Crippen molar-refractivity contribution in [3.63, 3.8) is 0 Å². The normalized spacial score (nSPS) is 27.6. The molecule has 0 aromatic rings. The number of piperidine rings is 1. The Labute approximate surface area is 128 Å². The third-order valence-electron chi connectivity index (χ3n) is 4.50. The second-order valence-corrected chi connectivity index (χ2v) is 6.05. The van der Waals surface area contributed by atoms with E-state index in [9.17, 15) is 0 Å². The summed E-state index contributed by atoms with van der Waals surface area (Å²) in [4.78, 5) is 9.61. The molecule has 2 fully saturated rings. The fourth-order valence-corrected chi connectivity index (χ4v) is 3.36. The molecule has 0 radical (unpaired) electrons. The molecule has 2 unspecified atom stereocenters. The van der Waals surface area contributed by atoms with Crippen LogP contribution in [0, 0.1) is 0 Å². The van der Waals surface area contributed by atoms with E-state index in [1.807, 2.05) is 6.92 Å². The van der Waals surface area contributed by atoms with Gasteiger partial charge in [0.05, 0.1) is 0 Å². The van der Waals surface area contributed by atoms with Crippen LogP contribution in [0.3, 0.4) is 0 Å². The molecule has 21 heavy (non-hydrogen) atoms. The van der Waals surface area contributed by atoms with Crippen LogP contribution in [0.15, 0.2) is 4.99 Å². The SMILES string of the molecule is CCOCCCN=C(NN)N1CC2CCCCN2CC1C. The fourth-order valence-electron chi connectivity index (χ4n) is 3.36. The number of piperazine rings is 1. The molecule has 6 nitrogen and oxygen atoms in total. The van der Waals surface area contributed by atoms with Gasteiger partial charge in [-0.3, -0.25) is 15.3 Å². The number of guanidine groups is 1. The van der Waals surface area contributed by atoms with Crippen LogP contribution in [-0.2, 0) is 4.74 Å². The first-order valence-corrected chi connectivity index (χ1v) is 8.35. The van der Waals surface area contributed by atoms with Crippen molar-refractivity contribution in [2.75, 3.05) is 39.4 Å². The van der Waals surface area contributed by atoms with E-state index >= 15 is 0 Å². The van der Waals surface area contributed by atoms with Gasteiger partial charge in [0, 0.05) is 44.9 Å². The van der Waals surface area contributed by atoms with Crippen LogP contribution in [0.1, 0.15) is 39.5 Å². The molecule has 2 atom stereocenters. The summed E-state index contributed by atoms with van der Waals surface area (Å²) in [6.07, 6.45) is 4.93. The van der Waals surface area contributed by atoms with Crippen LogP contribution in [-0.4, -0.2) is 67.2 Å². The Balaban J connectivity index is 1.88. The first-order valence-electron chi connectivity index (χ1n) is 8.35. The van der Waals surface area contributed by atoms with Crippen molar-refractivity contribution in [3.05, 3.63) is 0 Å². The molecule has 6 heteroatoms. The number of nitrogens with two attached hydrogens (primary N) is 1. The summed E-state index contributed by atoms with van der Waals surface area (Å²) in [5.74, 6) is 6.54. The van der Waals surface area contributed by atoms with Crippen molar-refractivity contribution >= 4 is 5.96 Å². The second-order valence-electron chi connectivity index (χ2n) is 6.05. The molecule has 0 bridgehead atoms. The highest BCUT2D eigenvalue weighted by molar-refractivity contribution is 5.79. The standard InChI is InChI=1S/C15H31N5O/c1-3-21-10-6-8-17-15(18-16)20-12-14-7-4-5-9-19(14)11-13(20)2/h13-14H,3-12,16H2,1-2H3,(H,17,18). The lowest BCUT2D eigenvalue weighted by molar-refractivity contribution is 0.0484. The zero-order valence-electron chi connectivity index (χ0n) is 13.6. The topological polar surface area (TPSA) is 66.1 Å². The number of nitrogens with zero attached hydrogens (tertiary/aromatic N) is 3. The summed E-state index contributed by atoms with van der Waals surface area (Å²) in [5, 5.41) is 0. The number of hydrogen-bond donors (Lipinski definition) is 2. The lowest BCUT2D eigenvalue weighted by Gasteiger charge is -2.48. The molecule has 3 N–H and O–H groups in total. The Morgan fingerprint density at radius 2 is 2.24 bits per heavy atom. The third kappa shape index (κ3) is 4.56. The number of ether oxygens (including phenoxy) is 1. The van der Waals surface area contributed by atoms with E-state index in [-0.39, 0.29) is 0 Å². The summed E-state index contributed by atoms with van der Waals surface area (Å²) in [6, 6.07) is 1.12. The Bertz CT molecular complexity index is 336. The molecule has 0 amide bonds. The van der Waals surface area contributed by atoms with E-state index in [0.29, 0.717) is 12.1 Å². The van der Waals surface area contributed by atoms with Crippen LogP contribution >= 0.6 is 0 Å². The predicted octanol–water partition coefficient (Wildman–Crippen LogP) is 0.791. The maximum atomic E-state index is 5.71. The maximum Gasteiger partial charge on any atom is 0.208 e. The molecular formula is C15H31N5O. The van der Waals surface area contributed by atoms with Crippen LogP contribution < -0.4 is 11.3 Å². The van der Waals surface area contributed by atoms with Gasteiger partial charge in [-0.25, -0.2) is 5.84 Å². The first-order chi connectivity index (χ1) is 10.3. The van der Waals surface area contributed by atoms with Gasteiger partial charge < -0.3 is 9.64 Å². The highest BCUT2D eigenvalue weighted by Gasteiger charge is 2.34. The minimum absolute atomic E-state index is 0.459. The van der Waals surface area contributed by atoms with E-state index in [2.05, 4.69) is 27.1 Å². The molecule has 2 aliphatic heterocycles. The number of aliphatic imine (C=N–C) groups is 1. The van der Waals surface area contributed by atoms with Crippen LogP contribution in [0.25, 0.3) is 0 Å². The lowest BCUT2D eigenvalue weighted by atomic mass is 9.97. The predicted molar refractivity (Wildman–Crippen MR) is 86.1 cm³/mol. The highest BCUT2D eigenvalue weighted by Crippen LogP contribution is 2.23. The molecule has 0 spiro atoms. The van der Waals surface area contributed by atoms with Crippen LogP contribution in [0.5, 0.6) is 0 Å². The Hall–Kier alpha value is -0.850. The Morgan fingerprint density at radius 3 is 3.00 bits per heavy atom. The minimum atomic E-state index is 0.459. The average Bonchev–Trinajstić information content (AvgIpc) is 2.51. The lowest BCUT2D eigenvalue weighted by Crippen LogP contribution is -2.62. The minimum Gasteiger partial charge on any atom is -0.382 e. The quantitative estimate of drug-likeness (QED) is 0.258. The van der Waals surface area contributed by atoms with Gasteiger partial charge in [-0.1, -0.05) is 6.42 Å². The van der Waals surface area contributed by atoms with E-state index in [1.54, 1.807) is 0 Å². The van der Waals surface area contributed by atoms with Gasteiger partial charge in [-0.15, -0.1) is 0 Å². The van der Waals surface area contributed by atoms with Gasteiger partial charge in [0.2, 0.25) is 5.96 Å². The summed E-state index contributed by atoms with van der Waals surface area (Å²) in [6.45, 7) is 9.98. The molecule has 2 saturated heterocycles. The summed E-state index contributed by atoms with van der Waals surface area (Å²) in [5.41, 5.74) is 2.81. The average molecular weight is 297 g/mol.